The summed E-state index contributed by atoms with van der Waals surface area (Å²) in [4.78, 5) is 22.7. The van der Waals surface area contributed by atoms with Crippen LogP contribution in [0.3, 0.4) is 0 Å². The number of anilines is 1. The van der Waals surface area contributed by atoms with E-state index in [9.17, 15) is 14.9 Å². The first kappa shape index (κ1) is 15.4. The zero-order valence-electron chi connectivity index (χ0n) is 11.4. The van der Waals surface area contributed by atoms with Gasteiger partial charge in [-0.25, -0.2) is 0 Å². The molecule has 0 aromatic heterocycles. The van der Waals surface area contributed by atoms with Gasteiger partial charge in [0.05, 0.1) is 16.2 Å². The first-order chi connectivity index (χ1) is 9.45. The number of nitro groups is 1. The number of carbonyl (C=O) groups is 1. The molecule has 0 aliphatic heterocycles. The summed E-state index contributed by atoms with van der Waals surface area (Å²) in [5, 5.41) is 22.4. The molecule has 0 atom stereocenters. The molecule has 1 aromatic rings. The van der Waals surface area contributed by atoms with Crippen LogP contribution in [0.1, 0.15) is 18.9 Å². The Hall–Kier alpha value is -2.62. The third-order valence-electron chi connectivity index (χ3n) is 2.77. The molecule has 1 aromatic carbocycles. The fourth-order valence-electron chi connectivity index (χ4n) is 1.76. The number of hydrogen-bond donors (Lipinski definition) is 1. The molecule has 1 amide bonds. The number of carbonyl (C=O) groups excluding carboxylic acids is 1. The zero-order valence-corrected chi connectivity index (χ0v) is 11.4. The van der Waals surface area contributed by atoms with Gasteiger partial charge in [-0.2, -0.15) is 5.26 Å². The summed E-state index contributed by atoms with van der Waals surface area (Å²) in [6.45, 7) is 2.63. The van der Waals surface area contributed by atoms with E-state index in [1.807, 2.05) is 11.0 Å². The molecule has 106 valence electrons. The van der Waals surface area contributed by atoms with E-state index >= 15 is 0 Å². The highest BCUT2D eigenvalue weighted by Gasteiger charge is 2.13. The van der Waals surface area contributed by atoms with Crippen molar-refractivity contribution < 1.29 is 9.72 Å². The summed E-state index contributed by atoms with van der Waals surface area (Å²) in [5.74, 6) is -0.0827. The Labute approximate surface area is 117 Å². The minimum Gasteiger partial charge on any atom is -0.373 e. The molecule has 0 radical (unpaired) electrons. The highest BCUT2D eigenvalue weighted by Crippen LogP contribution is 2.24. The molecule has 0 saturated carbocycles. The van der Waals surface area contributed by atoms with Gasteiger partial charge in [-0.3, -0.25) is 14.9 Å². The molecule has 0 heterocycles. The molecule has 20 heavy (non-hydrogen) atoms. The van der Waals surface area contributed by atoms with Gasteiger partial charge in [-0.1, -0.05) is 0 Å². The second-order valence-corrected chi connectivity index (χ2v) is 4.33. The van der Waals surface area contributed by atoms with E-state index in [-0.39, 0.29) is 17.2 Å². The average Bonchev–Trinajstić information content (AvgIpc) is 2.42. The summed E-state index contributed by atoms with van der Waals surface area (Å²) in [5.41, 5.74) is 0.805. The molecule has 0 saturated heterocycles. The second kappa shape index (κ2) is 7.09. The Kier molecular flexibility index (Phi) is 5.47. The SMILES string of the molecule is CC(=O)NCCCN(C)c1ccc([N+](=O)[O-])cc1C#N. The number of rotatable bonds is 6. The first-order valence-corrected chi connectivity index (χ1v) is 6.10. The van der Waals surface area contributed by atoms with Gasteiger partial charge in [-0.15, -0.1) is 0 Å². The van der Waals surface area contributed by atoms with Crippen LogP contribution in [-0.4, -0.2) is 31.0 Å². The number of nitrogens with zero attached hydrogens (tertiary/aromatic N) is 3. The van der Waals surface area contributed by atoms with Crippen molar-refractivity contribution in [1.82, 2.24) is 5.32 Å². The maximum atomic E-state index is 10.7. The number of hydrogen-bond acceptors (Lipinski definition) is 5. The lowest BCUT2D eigenvalue weighted by molar-refractivity contribution is -0.384. The standard InChI is InChI=1S/C13H16N4O3/c1-10(18)15-6-3-7-16(2)13-5-4-12(17(19)20)8-11(13)9-14/h4-5,8H,3,6-7H2,1-2H3,(H,15,18). The predicted molar refractivity (Wildman–Crippen MR) is 74.4 cm³/mol. The highest BCUT2D eigenvalue weighted by atomic mass is 16.6. The van der Waals surface area contributed by atoms with Crippen LogP contribution in [0.4, 0.5) is 11.4 Å². The molecular weight excluding hydrogens is 260 g/mol. The highest BCUT2D eigenvalue weighted by molar-refractivity contribution is 5.72. The van der Waals surface area contributed by atoms with E-state index in [4.69, 9.17) is 5.26 Å². The van der Waals surface area contributed by atoms with Crippen LogP contribution < -0.4 is 10.2 Å². The van der Waals surface area contributed by atoms with Crippen LogP contribution in [0, 0.1) is 21.4 Å². The second-order valence-electron chi connectivity index (χ2n) is 4.33. The van der Waals surface area contributed by atoms with E-state index in [1.54, 1.807) is 13.1 Å². The molecule has 0 spiro atoms. The lowest BCUT2D eigenvalue weighted by Gasteiger charge is -2.20. The van der Waals surface area contributed by atoms with Crippen molar-refractivity contribution in [3.8, 4) is 6.07 Å². The fraction of sp³-hybridized carbons (Fsp3) is 0.385. The summed E-state index contributed by atoms with van der Waals surface area (Å²) < 4.78 is 0. The van der Waals surface area contributed by atoms with Crippen molar-refractivity contribution in [3.63, 3.8) is 0 Å². The van der Waals surface area contributed by atoms with E-state index in [0.717, 1.165) is 6.42 Å². The van der Waals surface area contributed by atoms with E-state index in [0.29, 0.717) is 18.8 Å². The monoisotopic (exact) mass is 276 g/mol. The Morgan fingerprint density at radius 1 is 1.55 bits per heavy atom. The van der Waals surface area contributed by atoms with Gasteiger partial charge in [0.2, 0.25) is 5.91 Å². The summed E-state index contributed by atoms with van der Waals surface area (Å²) >= 11 is 0. The van der Waals surface area contributed by atoms with Crippen LogP contribution in [0.25, 0.3) is 0 Å². The molecular formula is C13H16N4O3. The van der Waals surface area contributed by atoms with Crippen molar-refractivity contribution in [2.75, 3.05) is 25.0 Å². The van der Waals surface area contributed by atoms with Crippen molar-refractivity contribution in [2.45, 2.75) is 13.3 Å². The third-order valence-corrected chi connectivity index (χ3v) is 2.77. The van der Waals surface area contributed by atoms with Gasteiger partial charge in [-0.05, 0) is 12.5 Å². The maximum Gasteiger partial charge on any atom is 0.270 e. The van der Waals surface area contributed by atoms with Crippen LogP contribution in [-0.2, 0) is 4.79 Å². The Morgan fingerprint density at radius 3 is 2.80 bits per heavy atom. The van der Waals surface area contributed by atoms with E-state index < -0.39 is 4.92 Å². The van der Waals surface area contributed by atoms with Crippen LogP contribution >= 0.6 is 0 Å². The Balaban J connectivity index is 2.73. The van der Waals surface area contributed by atoms with Gasteiger partial charge in [0, 0.05) is 39.2 Å². The average molecular weight is 276 g/mol. The lowest BCUT2D eigenvalue weighted by atomic mass is 10.1. The minimum absolute atomic E-state index is 0.0827. The summed E-state index contributed by atoms with van der Waals surface area (Å²) in [6, 6.07) is 6.17. The molecule has 0 aliphatic carbocycles. The molecule has 1 N–H and O–H groups in total. The number of amides is 1. The van der Waals surface area contributed by atoms with Crippen molar-refractivity contribution in [3.05, 3.63) is 33.9 Å². The largest absolute Gasteiger partial charge is 0.373 e. The first-order valence-electron chi connectivity index (χ1n) is 6.10. The summed E-state index contributed by atoms with van der Waals surface area (Å²) in [6.07, 6.45) is 0.720. The van der Waals surface area contributed by atoms with Gasteiger partial charge in [0.15, 0.2) is 0 Å². The molecule has 7 nitrogen and oxygen atoms in total. The van der Waals surface area contributed by atoms with Gasteiger partial charge < -0.3 is 10.2 Å². The molecule has 0 aliphatic rings. The van der Waals surface area contributed by atoms with E-state index in [1.165, 1.54) is 19.1 Å². The molecule has 0 unspecified atom stereocenters. The van der Waals surface area contributed by atoms with Crippen LogP contribution in [0.5, 0.6) is 0 Å². The molecule has 7 heteroatoms. The number of nitriles is 1. The minimum atomic E-state index is -0.526. The number of nitrogens with one attached hydrogen (secondary N) is 1. The van der Waals surface area contributed by atoms with Crippen molar-refractivity contribution in [2.24, 2.45) is 0 Å². The summed E-state index contributed by atoms with van der Waals surface area (Å²) in [7, 11) is 1.80. The molecule has 0 bridgehead atoms. The predicted octanol–water partition coefficient (Wildman–Crippen LogP) is 1.43. The lowest BCUT2D eigenvalue weighted by Crippen LogP contribution is -2.26. The van der Waals surface area contributed by atoms with E-state index in [2.05, 4.69) is 5.32 Å². The Bertz CT molecular complexity index is 551. The van der Waals surface area contributed by atoms with Gasteiger partial charge >= 0.3 is 0 Å². The maximum absolute atomic E-state index is 10.7. The smallest absolute Gasteiger partial charge is 0.270 e. The van der Waals surface area contributed by atoms with Crippen molar-refractivity contribution in [1.29, 1.82) is 5.26 Å². The van der Waals surface area contributed by atoms with Gasteiger partial charge in [0.25, 0.3) is 5.69 Å². The number of nitro benzene ring substituents is 1. The van der Waals surface area contributed by atoms with Crippen LogP contribution in [0.15, 0.2) is 18.2 Å². The van der Waals surface area contributed by atoms with Crippen molar-refractivity contribution >= 4 is 17.3 Å². The van der Waals surface area contributed by atoms with Gasteiger partial charge in [0.1, 0.15) is 6.07 Å². The fourth-order valence-corrected chi connectivity index (χ4v) is 1.76. The quantitative estimate of drug-likeness (QED) is 0.481. The van der Waals surface area contributed by atoms with Crippen LogP contribution in [0.2, 0.25) is 0 Å². The normalized spacial score (nSPS) is 9.65. The zero-order chi connectivity index (χ0) is 15.1. The topological polar surface area (TPSA) is 99.3 Å². The number of benzene rings is 1. The Morgan fingerprint density at radius 2 is 2.25 bits per heavy atom. The molecule has 0 fully saturated rings. The third kappa shape index (κ3) is 4.24. The molecule has 1 rings (SSSR count). The number of non-ortho nitro benzene ring substituents is 1.